The number of thioether (sulfide) groups is 1. The van der Waals surface area contributed by atoms with Crippen molar-refractivity contribution in [1.82, 2.24) is 9.97 Å². The summed E-state index contributed by atoms with van der Waals surface area (Å²) in [6, 6.07) is 14.5. The van der Waals surface area contributed by atoms with Gasteiger partial charge in [-0.15, -0.1) is 0 Å². The summed E-state index contributed by atoms with van der Waals surface area (Å²) in [4.78, 5) is 7.99. The number of ether oxygens (including phenoxy) is 1. The van der Waals surface area contributed by atoms with Gasteiger partial charge in [-0.1, -0.05) is 30.0 Å². The second kappa shape index (κ2) is 7.55. The standard InChI is InChI=1S/C19H22N2OS/c1-14-6-5-7-16(12-14)22-10-3-4-11-23-19-20-17-9-8-15(2)13-18(17)21-19/h5-9,12-13H,3-4,10-11H2,1-2H3,(H,20,21). The van der Waals surface area contributed by atoms with Crippen molar-refractivity contribution in [2.75, 3.05) is 12.4 Å². The van der Waals surface area contributed by atoms with Crippen molar-refractivity contribution < 1.29 is 4.74 Å². The second-order valence-corrected chi connectivity index (χ2v) is 6.87. The van der Waals surface area contributed by atoms with Gasteiger partial charge < -0.3 is 9.72 Å². The average molecular weight is 326 g/mol. The summed E-state index contributed by atoms with van der Waals surface area (Å²) < 4.78 is 5.77. The van der Waals surface area contributed by atoms with Crippen LogP contribution in [0.5, 0.6) is 5.75 Å². The summed E-state index contributed by atoms with van der Waals surface area (Å²) in [5, 5.41) is 1.00. The van der Waals surface area contributed by atoms with E-state index in [9.17, 15) is 0 Å². The normalized spacial score (nSPS) is 11.0. The van der Waals surface area contributed by atoms with Crippen LogP contribution in [0.25, 0.3) is 11.0 Å². The first-order chi connectivity index (χ1) is 11.2. The third-order valence-corrected chi connectivity index (χ3v) is 4.61. The molecule has 0 unspecified atom stereocenters. The molecule has 3 rings (SSSR count). The Balaban J connectivity index is 1.39. The summed E-state index contributed by atoms with van der Waals surface area (Å²) in [5.41, 5.74) is 4.65. The largest absolute Gasteiger partial charge is 0.494 e. The van der Waals surface area contributed by atoms with Gasteiger partial charge in [-0.2, -0.15) is 0 Å². The van der Waals surface area contributed by atoms with Gasteiger partial charge in [0, 0.05) is 5.75 Å². The molecule has 0 radical (unpaired) electrons. The lowest BCUT2D eigenvalue weighted by Gasteiger charge is -2.06. The highest BCUT2D eigenvalue weighted by Crippen LogP contribution is 2.21. The van der Waals surface area contributed by atoms with Crippen molar-refractivity contribution in [2.45, 2.75) is 31.8 Å². The van der Waals surface area contributed by atoms with Crippen LogP contribution in [0.1, 0.15) is 24.0 Å². The highest BCUT2D eigenvalue weighted by molar-refractivity contribution is 7.99. The molecule has 0 bridgehead atoms. The number of benzene rings is 2. The van der Waals surface area contributed by atoms with E-state index in [1.165, 1.54) is 11.1 Å². The van der Waals surface area contributed by atoms with Gasteiger partial charge in [-0.3, -0.25) is 0 Å². The zero-order valence-corrected chi connectivity index (χ0v) is 14.5. The maximum Gasteiger partial charge on any atom is 0.166 e. The Labute approximate surface area is 141 Å². The van der Waals surface area contributed by atoms with Gasteiger partial charge in [0.05, 0.1) is 17.6 Å². The molecule has 0 amide bonds. The Morgan fingerprint density at radius 1 is 1.04 bits per heavy atom. The number of aromatic amines is 1. The Morgan fingerprint density at radius 2 is 1.91 bits per heavy atom. The maximum atomic E-state index is 5.77. The van der Waals surface area contributed by atoms with E-state index < -0.39 is 0 Å². The highest BCUT2D eigenvalue weighted by atomic mass is 32.2. The number of aryl methyl sites for hydroxylation is 2. The monoisotopic (exact) mass is 326 g/mol. The molecule has 1 N–H and O–H groups in total. The fourth-order valence-corrected chi connectivity index (χ4v) is 3.32. The van der Waals surface area contributed by atoms with E-state index in [2.05, 4.69) is 54.1 Å². The van der Waals surface area contributed by atoms with E-state index >= 15 is 0 Å². The molecule has 3 nitrogen and oxygen atoms in total. The van der Waals surface area contributed by atoms with Gasteiger partial charge in [0.2, 0.25) is 0 Å². The predicted molar refractivity (Wildman–Crippen MR) is 97.5 cm³/mol. The molecule has 3 aromatic rings. The first-order valence-electron chi connectivity index (χ1n) is 7.99. The zero-order valence-electron chi connectivity index (χ0n) is 13.6. The van der Waals surface area contributed by atoms with Crippen LogP contribution in [0.15, 0.2) is 47.6 Å². The van der Waals surface area contributed by atoms with Crippen molar-refractivity contribution in [3.8, 4) is 5.75 Å². The first-order valence-corrected chi connectivity index (χ1v) is 8.98. The lowest BCUT2D eigenvalue weighted by Crippen LogP contribution is -1.98. The molecule has 0 saturated heterocycles. The van der Waals surface area contributed by atoms with E-state index in [1.807, 2.05) is 12.1 Å². The maximum absolute atomic E-state index is 5.77. The van der Waals surface area contributed by atoms with Crippen LogP contribution in [0.2, 0.25) is 0 Å². The Bertz CT molecular complexity index is 782. The lowest BCUT2D eigenvalue weighted by molar-refractivity contribution is 0.309. The van der Waals surface area contributed by atoms with E-state index in [4.69, 9.17) is 4.74 Å². The summed E-state index contributed by atoms with van der Waals surface area (Å²) in [5.74, 6) is 2.01. The molecular formula is C19H22N2OS. The minimum atomic E-state index is 0.767. The average Bonchev–Trinajstić information content (AvgIpc) is 2.92. The number of hydrogen-bond donors (Lipinski definition) is 1. The van der Waals surface area contributed by atoms with Crippen LogP contribution in [-0.2, 0) is 0 Å². The van der Waals surface area contributed by atoms with Crippen molar-refractivity contribution in [3.63, 3.8) is 0 Å². The van der Waals surface area contributed by atoms with Crippen LogP contribution in [0, 0.1) is 13.8 Å². The van der Waals surface area contributed by atoms with E-state index in [1.54, 1.807) is 11.8 Å². The van der Waals surface area contributed by atoms with E-state index in [0.29, 0.717) is 0 Å². The van der Waals surface area contributed by atoms with Gasteiger partial charge in [0.25, 0.3) is 0 Å². The Kier molecular flexibility index (Phi) is 5.23. The molecule has 1 aromatic heterocycles. The molecule has 0 spiro atoms. The summed E-state index contributed by atoms with van der Waals surface area (Å²) in [6.45, 7) is 4.95. The summed E-state index contributed by atoms with van der Waals surface area (Å²) in [7, 11) is 0. The number of unbranched alkanes of at least 4 members (excludes halogenated alkanes) is 1. The van der Waals surface area contributed by atoms with Gasteiger partial charge in [-0.05, 0) is 62.1 Å². The summed E-state index contributed by atoms with van der Waals surface area (Å²) >= 11 is 1.78. The molecule has 1 heterocycles. The molecule has 0 fully saturated rings. The fraction of sp³-hybridized carbons (Fsp3) is 0.316. The molecule has 0 aliphatic carbocycles. The molecule has 120 valence electrons. The number of nitrogens with zero attached hydrogens (tertiary/aromatic N) is 1. The smallest absolute Gasteiger partial charge is 0.166 e. The van der Waals surface area contributed by atoms with Gasteiger partial charge in [0.15, 0.2) is 5.16 Å². The minimum Gasteiger partial charge on any atom is -0.494 e. The second-order valence-electron chi connectivity index (χ2n) is 5.78. The highest BCUT2D eigenvalue weighted by Gasteiger charge is 2.03. The molecule has 0 aliphatic heterocycles. The Morgan fingerprint density at radius 3 is 2.78 bits per heavy atom. The molecule has 0 aliphatic rings. The van der Waals surface area contributed by atoms with Crippen LogP contribution in [-0.4, -0.2) is 22.3 Å². The number of rotatable bonds is 7. The van der Waals surface area contributed by atoms with Crippen molar-refractivity contribution in [1.29, 1.82) is 0 Å². The fourth-order valence-electron chi connectivity index (χ4n) is 2.44. The van der Waals surface area contributed by atoms with Gasteiger partial charge in [0.1, 0.15) is 5.75 Å². The van der Waals surface area contributed by atoms with E-state index in [0.717, 1.165) is 47.1 Å². The molecule has 4 heteroatoms. The zero-order chi connectivity index (χ0) is 16.1. The van der Waals surface area contributed by atoms with E-state index in [-0.39, 0.29) is 0 Å². The van der Waals surface area contributed by atoms with Crippen molar-refractivity contribution in [3.05, 3.63) is 53.6 Å². The molecule has 0 atom stereocenters. The Hall–Kier alpha value is -1.94. The van der Waals surface area contributed by atoms with Crippen LogP contribution in [0.3, 0.4) is 0 Å². The number of hydrogen-bond acceptors (Lipinski definition) is 3. The predicted octanol–water partition coefficient (Wildman–Crippen LogP) is 5.13. The quantitative estimate of drug-likeness (QED) is 0.483. The number of fused-ring (bicyclic) bond motifs is 1. The number of aromatic nitrogens is 2. The lowest BCUT2D eigenvalue weighted by atomic mass is 10.2. The van der Waals surface area contributed by atoms with Crippen LogP contribution >= 0.6 is 11.8 Å². The topological polar surface area (TPSA) is 37.9 Å². The van der Waals surface area contributed by atoms with Crippen molar-refractivity contribution >= 4 is 22.8 Å². The van der Waals surface area contributed by atoms with Crippen LogP contribution < -0.4 is 4.74 Å². The molecule has 23 heavy (non-hydrogen) atoms. The molecule has 2 aromatic carbocycles. The van der Waals surface area contributed by atoms with Crippen LogP contribution in [0.4, 0.5) is 0 Å². The summed E-state index contributed by atoms with van der Waals surface area (Å²) in [6.07, 6.45) is 2.17. The number of nitrogens with one attached hydrogen (secondary N) is 1. The molecular weight excluding hydrogens is 304 g/mol. The third kappa shape index (κ3) is 4.52. The molecule has 0 saturated carbocycles. The third-order valence-electron chi connectivity index (χ3n) is 3.65. The first kappa shape index (κ1) is 15.9. The number of H-pyrrole nitrogens is 1. The minimum absolute atomic E-state index is 0.767. The SMILES string of the molecule is Cc1cccc(OCCCCSc2nc3ccc(C)cc3[nH]2)c1. The van der Waals surface area contributed by atoms with Gasteiger partial charge in [-0.25, -0.2) is 4.98 Å². The number of imidazole rings is 1. The van der Waals surface area contributed by atoms with Crippen molar-refractivity contribution in [2.24, 2.45) is 0 Å². The van der Waals surface area contributed by atoms with Gasteiger partial charge >= 0.3 is 0 Å².